The van der Waals surface area contributed by atoms with Crippen LogP contribution in [0.2, 0.25) is 0 Å². The van der Waals surface area contributed by atoms with Crippen LogP contribution in [0.25, 0.3) is 0 Å². The molecule has 1 atom stereocenters. The summed E-state index contributed by atoms with van der Waals surface area (Å²) in [7, 11) is -0.920. The van der Waals surface area contributed by atoms with E-state index in [4.69, 9.17) is 4.74 Å². The summed E-state index contributed by atoms with van der Waals surface area (Å²) in [5.41, 5.74) is 2.36. The Morgan fingerprint density at radius 2 is 1.70 bits per heavy atom. The Balaban J connectivity index is 1.66. The number of hydrogen-bond acceptors (Lipinski definition) is 2. The first-order valence-corrected chi connectivity index (χ1v) is 8.14. The molecule has 1 unspecified atom stereocenters. The van der Waals surface area contributed by atoms with E-state index in [9.17, 15) is 4.21 Å². The predicted molar refractivity (Wildman–Crippen MR) is 83.2 cm³/mol. The Bertz CT molecular complexity index is 535. The molecule has 0 aromatic heterocycles. The van der Waals surface area contributed by atoms with Gasteiger partial charge in [0.1, 0.15) is 0 Å². The lowest BCUT2D eigenvalue weighted by Gasteiger charge is -2.05. The van der Waals surface area contributed by atoms with Crippen LogP contribution in [0, 0.1) is 6.92 Å². The Hall–Kier alpha value is -1.45. The lowest BCUT2D eigenvalue weighted by atomic mass is 10.2. The van der Waals surface area contributed by atoms with Crippen molar-refractivity contribution in [2.24, 2.45) is 0 Å². The van der Waals surface area contributed by atoms with E-state index in [0.29, 0.717) is 19.0 Å². The van der Waals surface area contributed by atoms with Crippen LogP contribution in [0.4, 0.5) is 0 Å². The molecule has 2 rings (SSSR count). The van der Waals surface area contributed by atoms with Crippen molar-refractivity contribution in [1.29, 1.82) is 0 Å². The maximum absolute atomic E-state index is 12.0. The Morgan fingerprint density at radius 1 is 1.00 bits per heavy atom. The number of benzene rings is 2. The van der Waals surface area contributed by atoms with E-state index >= 15 is 0 Å². The minimum absolute atomic E-state index is 0.623. The first kappa shape index (κ1) is 14.9. The van der Waals surface area contributed by atoms with Crippen LogP contribution in [0.3, 0.4) is 0 Å². The molecule has 0 amide bonds. The van der Waals surface area contributed by atoms with Crippen molar-refractivity contribution < 1.29 is 8.95 Å². The predicted octanol–water partition coefficient (Wildman–Crippen LogP) is 3.71. The van der Waals surface area contributed by atoms with E-state index < -0.39 is 10.8 Å². The fourth-order valence-electron chi connectivity index (χ4n) is 1.86. The average Bonchev–Trinajstić information content (AvgIpc) is 2.48. The van der Waals surface area contributed by atoms with Gasteiger partial charge in [0.05, 0.1) is 17.4 Å². The van der Waals surface area contributed by atoms with Crippen LogP contribution >= 0.6 is 0 Å². The molecule has 106 valence electrons. The maximum atomic E-state index is 12.0. The lowest BCUT2D eigenvalue weighted by Crippen LogP contribution is -2.03. The van der Waals surface area contributed by atoms with Gasteiger partial charge in [-0.3, -0.25) is 4.21 Å². The number of aryl methyl sites for hydroxylation is 1. The third-order valence-electron chi connectivity index (χ3n) is 3.01. The minimum atomic E-state index is -0.920. The van der Waals surface area contributed by atoms with Crippen molar-refractivity contribution in [3.05, 3.63) is 65.7 Å². The number of ether oxygens (including phenoxy) is 1. The van der Waals surface area contributed by atoms with Crippen LogP contribution in [0.15, 0.2) is 59.5 Å². The molecule has 2 aromatic carbocycles. The average molecular weight is 288 g/mol. The molecule has 0 aliphatic carbocycles. The molecular formula is C17H20O2S. The molecule has 0 spiro atoms. The van der Waals surface area contributed by atoms with E-state index in [0.717, 1.165) is 11.3 Å². The van der Waals surface area contributed by atoms with Gasteiger partial charge in [0, 0.05) is 17.3 Å². The fourth-order valence-corrected chi connectivity index (χ4v) is 2.92. The van der Waals surface area contributed by atoms with E-state index in [2.05, 4.69) is 0 Å². The first-order chi connectivity index (χ1) is 9.75. The zero-order valence-electron chi connectivity index (χ0n) is 11.7. The first-order valence-electron chi connectivity index (χ1n) is 6.82. The van der Waals surface area contributed by atoms with Gasteiger partial charge in [0.25, 0.3) is 0 Å². The van der Waals surface area contributed by atoms with E-state index in [1.807, 2.05) is 61.5 Å². The van der Waals surface area contributed by atoms with Crippen LogP contribution in [0.1, 0.15) is 17.5 Å². The summed E-state index contributed by atoms with van der Waals surface area (Å²) in [6.07, 6.45) is 0.813. The topological polar surface area (TPSA) is 26.3 Å². The van der Waals surface area contributed by atoms with Crippen molar-refractivity contribution in [2.75, 3.05) is 12.4 Å². The second-order valence-electron chi connectivity index (χ2n) is 4.75. The summed E-state index contributed by atoms with van der Waals surface area (Å²) < 4.78 is 17.6. The highest BCUT2D eigenvalue weighted by molar-refractivity contribution is 7.85. The van der Waals surface area contributed by atoms with Crippen molar-refractivity contribution in [1.82, 2.24) is 0 Å². The molecule has 0 radical (unpaired) electrons. The zero-order valence-corrected chi connectivity index (χ0v) is 12.6. The SMILES string of the molecule is Cc1ccc(S(=O)CCCOCc2ccccc2)cc1. The Kier molecular flexibility index (Phi) is 5.96. The minimum Gasteiger partial charge on any atom is -0.377 e. The van der Waals surface area contributed by atoms with Gasteiger partial charge in [-0.05, 0) is 31.0 Å². The standard InChI is InChI=1S/C17H20O2S/c1-15-8-10-17(11-9-15)20(18)13-5-12-19-14-16-6-3-2-4-7-16/h2-4,6-11H,5,12-14H2,1H3. The van der Waals surface area contributed by atoms with E-state index in [1.54, 1.807) is 0 Å². The van der Waals surface area contributed by atoms with Crippen LogP contribution < -0.4 is 0 Å². The maximum Gasteiger partial charge on any atom is 0.0716 e. The lowest BCUT2D eigenvalue weighted by molar-refractivity contribution is 0.122. The summed E-state index contributed by atoms with van der Waals surface area (Å²) in [6.45, 7) is 3.30. The fraction of sp³-hybridized carbons (Fsp3) is 0.294. The quantitative estimate of drug-likeness (QED) is 0.726. The van der Waals surface area contributed by atoms with Crippen LogP contribution in [-0.2, 0) is 22.1 Å². The molecule has 0 heterocycles. The summed E-state index contributed by atoms with van der Waals surface area (Å²) in [5, 5.41) is 0. The van der Waals surface area contributed by atoms with Crippen LogP contribution in [-0.4, -0.2) is 16.6 Å². The molecule has 20 heavy (non-hydrogen) atoms. The zero-order chi connectivity index (χ0) is 14.2. The van der Waals surface area contributed by atoms with E-state index in [1.165, 1.54) is 11.1 Å². The van der Waals surface area contributed by atoms with Gasteiger partial charge in [0.15, 0.2) is 0 Å². The van der Waals surface area contributed by atoms with Crippen molar-refractivity contribution in [3.8, 4) is 0 Å². The van der Waals surface area contributed by atoms with Gasteiger partial charge in [-0.1, -0.05) is 48.0 Å². The monoisotopic (exact) mass is 288 g/mol. The largest absolute Gasteiger partial charge is 0.377 e. The number of rotatable bonds is 7. The Labute approximate surface area is 123 Å². The molecule has 0 N–H and O–H groups in total. The third kappa shape index (κ3) is 4.91. The van der Waals surface area contributed by atoms with Gasteiger partial charge in [-0.2, -0.15) is 0 Å². The van der Waals surface area contributed by atoms with Crippen molar-refractivity contribution >= 4 is 10.8 Å². The molecule has 0 aliphatic rings. The van der Waals surface area contributed by atoms with Gasteiger partial charge in [-0.15, -0.1) is 0 Å². The highest BCUT2D eigenvalue weighted by Gasteiger charge is 2.03. The molecule has 3 heteroatoms. The van der Waals surface area contributed by atoms with Gasteiger partial charge in [-0.25, -0.2) is 0 Å². The third-order valence-corrected chi connectivity index (χ3v) is 4.47. The van der Waals surface area contributed by atoms with Crippen LogP contribution in [0.5, 0.6) is 0 Å². The van der Waals surface area contributed by atoms with Gasteiger partial charge in [0.2, 0.25) is 0 Å². The summed E-state index contributed by atoms with van der Waals surface area (Å²) >= 11 is 0. The second-order valence-corrected chi connectivity index (χ2v) is 6.33. The number of hydrogen-bond donors (Lipinski definition) is 0. The van der Waals surface area contributed by atoms with Gasteiger partial charge >= 0.3 is 0 Å². The summed E-state index contributed by atoms with van der Waals surface area (Å²) in [6, 6.07) is 18.0. The smallest absolute Gasteiger partial charge is 0.0716 e. The second kappa shape index (κ2) is 7.98. The highest BCUT2D eigenvalue weighted by atomic mass is 32.2. The summed E-state index contributed by atoms with van der Waals surface area (Å²) in [4.78, 5) is 0.902. The van der Waals surface area contributed by atoms with Gasteiger partial charge < -0.3 is 4.74 Å². The molecule has 0 aliphatic heterocycles. The normalized spacial score (nSPS) is 12.2. The summed E-state index contributed by atoms with van der Waals surface area (Å²) in [5.74, 6) is 0.651. The molecule has 0 bridgehead atoms. The molecule has 2 aromatic rings. The molecular weight excluding hydrogens is 268 g/mol. The molecule has 2 nitrogen and oxygen atoms in total. The Morgan fingerprint density at radius 3 is 2.40 bits per heavy atom. The molecule has 0 fully saturated rings. The van der Waals surface area contributed by atoms with Crippen molar-refractivity contribution in [2.45, 2.75) is 24.8 Å². The van der Waals surface area contributed by atoms with Crippen molar-refractivity contribution in [3.63, 3.8) is 0 Å². The molecule has 0 saturated heterocycles. The van der Waals surface area contributed by atoms with E-state index in [-0.39, 0.29) is 0 Å². The molecule has 0 saturated carbocycles. The highest BCUT2D eigenvalue weighted by Crippen LogP contribution is 2.09.